The van der Waals surface area contributed by atoms with Crippen LogP contribution in [0.25, 0.3) is 0 Å². The Morgan fingerprint density at radius 2 is 1.92 bits per heavy atom. The third kappa shape index (κ3) is 3.61. The maximum absolute atomic E-state index is 12.5. The summed E-state index contributed by atoms with van der Waals surface area (Å²) >= 11 is 0. The van der Waals surface area contributed by atoms with E-state index in [0.717, 1.165) is 23.1 Å². The van der Waals surface area contributed by atoms with Crippen LogP contribution >= 0.6 is 0 Å². The van der Waals surface area contributed by atoms with Gasteiger partial charge in [0, 0.05) is 25.9 Å². The zero-order chi connectivity index (χ0) is 19.1. The fourth-order valence-corrected chi connectivity index (χ4v) is 3.25. The molecular weight excluding hydrogens is 331 g/mol. The van der Waals surface area contributed by atoms with Crippen molar-refractivity contribution in [2.45, 2.75) is 58.3 Å². The predicted octanol–water partition coefficient (Wildman–Crippen LogP) is 2.55. The van der Waals surface area contributed by atoms with E-state index in [9.17, 15) is 4.79 Å². The number of carbonyl (C=O) groups excluding carboxylic acids is 1. The molecule has 7 heteroatoms. The first-order valence-corrected chi connectivity index (χ1v) is 9.18. The second-order valence-corrected chi connectivity index (χ2v) is 8.18. The summed E-state index contributed by atoms with van der Waals surface area (Å²) in [7, 11) is 1.24. The van der Waals surface area contributed by atoms with Crippen molar-refractivity contribution in [2.75, 3.05) is 25.5 Å². The van der Waals surface area contributed by atoms with Gasteiger partial charge in [-0.3, -0.25) is 0 Å². The van der Waals surface area contributed by atoms with Crippen LogP contribution < -0.4 is 10.8 Å². The molecule has 2 aliphatic rings. The van der Waals surface area contributed by atoms with E-state index in [0.29, 0.717) is 13.1 Å². The number of urea groups is 1. The number of nitrogens with zero attached hydrogens (tertiary/aromatic N) is 1. The van der Waals surface area contributed by atoms with Crippen molar-refractivity contribution in [3.8, 4) is 0 Å². The molecule has 26 heavy (non-hydrogen) atoms. The first kappa shape index (κ1) is 19.2. The maximum Gasteiger partial charge on any atom is 0.495 e. The lowest BCUT2D eigenvalue weighted by Crippen LogP contribution is -2.41. The fraction of sp³-hybridized carbons (Fsp3) is 0.632. The molecular formula is C19H29BN2O4. The molecule has 0 aromatic heterocycles. The molecule has 3 rings (SSSR count). The average molecular weight is 360 g/mol. The molecule has 0 saturated carbocycles. The first-order chi connectivity index (χ1) is 12.1. The quantitative estimate of drug-likeness (QED) is 0.842. The van der Waals surface area contributed by atoms with Crippen molar-refractivity contribution in [3.63, 3.8) is 0 Å². The smallest absolute Gasteiger partial charge is 0.399 e. The van der Waals surface area contributed by atoms with Crippen LogP contribution in [-0.4, -0.2) is 55.6 Å². The standard InChI is InChI=1S/C19H29BN2O4/c1-13-7-8-14(21-17(23)22-10-9-15(12-22)24-6)11-16(13)20-25-18(2,3)19(4,5)26-20/h7-8,11,15H,9-10,12H2,1-6H3,(H,21,23)/t15-/m1/s1. The lowest BCUT2D eigenvalue weighted by molar-refractivity contribution is 0.00578. The van der Waals surface area contributed by atoms with Crippen LogP contribution in [0.4, 0.5) is 10.5 Å². The Morgan fingerprint density at radius 1 is 1.27 bits per heavy atom. The molecule has 0 unspecified atom stereocenters. The molecule has 1 N–H and O–H groups in total. The minimum absolute atomic E-state index is 0.103. The van der Waals surface area contributed by atoms with Crippen LogP contribution in [0.3, 0.4) is 0 Å². The van der Waals surface area contributed by atoms with E-state index in [1.54, 1.807) is 12.0 Å². The van der Waals surface area contributed by atoms with Crippen LogP contribution in [-0.2, 0) is 14.0 Å². The molecule has 2 saturated heterocycles. The van der Waals surface area contributed by atoms with Gasteiger partial charge >= 0.3 is 13.1 Å². The first-order valence-electron chi connectivity index (χ1n) is 9.18. The van der Waals surface area contributed by atoms with Gasteiger partial charge in [0.1, 0.15) is 0 Å². The van der Waals surface area contributed by atoms with Gasteiger partial charge in [0.25, 0.3) is 0 Å². The Morgan fingerprint density at radius 3 is 2.50 bits per heavy atom. The number of anilines is 1. The summed E-state index contributed by atoms with van der Waals surface area (Å²) in [6.45, 7) is 11.5. The van der Waals surface area contributed by atoms with Crippen molar-refractivity contribution in [1.29, 1.82) is 0 Å². The molecule has 2 heterocycles. The highest BCUT2D eigenvalue weighted by atomic mass is 16.7. The van der Waals surface area contributed by atoms with Gasteiger partial charge in [-0.15, -0.1) is 0 Å². The number of amides is 2. The minimum atomic E-state index is -0.443. The lowest BCUT2D eigenvalue weighted by atomic mass is 9.76. The van der Waals surface area contributed by atoms with Crippen molar-refractivity contribution in [3.05, 3.63) is 23.8 Å². The second kappa shape index (κ2) is 6.87. The highest BCUT2D eigenvalue weighted by Crippen LogP contribution is 2.36. The molecule has 0 radical (unpaired) electrons. The number of hydrogen-bond donors (Lipinski definition) is 1. The summed E-state index contributed by atoms with van der Waals surface area (Å²) in [5, 5.41) is 2.98. The normalized spacial score (nSPS) is 24.2. The van der Waals surface area contributed by atoms with Crippen LogP contribution in [0.5, 0.6) is 0 Å². The summed E-state index contributed by atoms with van der Waals surface area (Å²) < 4.78 is 17.6. The van der Waals surface area contributed by atoms with Gasteiger partial charge in [-0.1, -0.05) is 11.6 Å². The Hall–Kier alpha value is -1.57. The lowest BCUT2D eigenvalue weighted by Gasteiger charge is -2.32. The number of rotatable bonds is 3. The van der Waals surface area contributed by atoms with Gasteiger partial charge in [-0.2, -0.15) is 0 Å². The number of benzene rings is 1. The fourth-order valence-electron chi connectivity index (χ4n) is 3.25. The molecule has 1 aromatic carbocycles. The molecule has 0 spiro atoms. The Labute approximate surface area is 156 Å². The number of likely N-dealkylation sites (tertiary alicyclic amines) is 1. The van der Waals surface area contributed by atoms with E-state index in [2.05, 4.69) is 5.32 Å². The van der Waals surface area contributed by atoms with Crippen molar-refractivity contribution < 1.29 is 18.8 Å². The molecule has 1 atom stereocenters. The van der Waals surface area contributed by atoms with Crippen molar-refractivity contribution in [2.24, 2.45) is 0 Å². The van der Waals surface area contributed by atoms with E-state index in [4.69, 9.17) is 14.0 Å². The van der Waals surface area contributed by atoms with Gasteiger partial charge in [0.2, 0.25) is 0 Å². The van der Waals surface area contributed by atoms with Gasteiger partial charge in [0.05, 0.1) is 17.3 Å². The Kier molecular flexibility index (Phi) is 5.07. The third-order valence-corrected chi connectivity index (χ3v) is 5.80. The minimum Gasteiger partial charge on any atom is -0.399 e. The molecule has 2 fully saturated rings. The van der Waals surface area contributed by atoms with Gasteiger partial charge in [-0.05, 0) is 58.6 Å². The van der Waals surface area contributed by atoms with Gasteiger partial charge in [0.15, 0.2) is 0 Å². The molecule has 0 bridgehead atoms. The number of carbonyl (C=O) groups is 1. The maximum atomic E-state index is 12.5. The highest BCUT2D eigenvalue weighted by molar-refractivity contribution is 6.62. The predicted molar refractivity (Wildman–Crippen MR) is 103 cm³/mol. The van der Waals surface area contributed by atoms with Gasteiger partial charge < -0.3 is 24.3 Å². The number of ether oxygens (including phenoxy) is 1. The molecule has 0 aliphatic carbocycles. The van der Waals surface area contributed by atoms with Crippen LogP contribution in [0.1, 0.15) is 39.7 Å². The van der Waals surface area contributed by atoms with E-state index in [-0.39, 0.29) is 12.1 Å². The zero-order valence-corrected chi connectivity index (χ0v) is 16.6. The van der Waals surface area contributed by atoms with Crippen molar-refractivity contribution >= 4 is 24.3 Å². The Balaban J connectivity index is 1.74. The molecule has 2 aliphatic heterocycles. The summed E-state index contributed by atoms with van der Waals surface area (Å²) in [6.07, 6.45) is 0.996. The van der Waals surface area contributed by atoms with Crippen LogP contribution in [0.15, 0.2) is 18.2 Å². The summed E-state index contributed by atoms with van der Waals surface area (Å²) in [5.74, 6) is 0. The number of hydrogen-bond acceptors (Lipinski definition) is 4. The van der Waals surface area contributed by atoms with E-state index in [1.165, 1.54) is 0 Å². The van der Waals surface area contributed by atoms with E-state index in [1.807, 2.05) is 52.8 Å². The van der Waals surface area contributed by atoms with Gasteiger partial charge in [-0.25, -0.2) is 4.79 Å². The van der Waals surface area contributed by atoms with Crippen LogP contribution in [0, 0.1) is 6.92 Å². The average Bonchev–Trinajstić information content (AvgIpc) is 3.12. The molecule has 1 aromatic rings. The van der Waals surface area contributed by atoms with Crippen molar-refractivity contribution in [1.82, 2.24) is 4.90 Å². The van der Waals surface area contributed by atoms with Crippen LogP contribution in [0.2, 0.25) is 0 Å². The van der Waals surface area contributed by atoms with E-state index >= 15 is 0 Å². The SMILES string of the molecule is CO[C@@H]1CCN(C(=O)Nc2ccc(C)c(B3OC(C)(C)C(C)(C)O3)c2)C1. The summed E-state index contributed by atoms with van der Waals surface area (Å²) in [6, 6.07) is 5.73. The molecule has 142 valence electrons. The highest BCUT2D eigenvalue weighted by Gasteiger charge is 2.52. The Bertz CT molecular complexity index is 676. The number of aryl methyl sites for hydroxylation is 1. The second-order valence-electron chi connectivity index (χ2n) is 8.18. The summed E-state index contributed by atoms with van der Waals surface area (Å²) in [5.41, 5.74) is 1.97. The third-order valence-electron chi connectivity index (χ3n) is 5.80. The number of nitrogens with one attached hydrogen (secondary N) is 1. The summed E-state index contributed by atoms with van der Waals surface area (Å²) in [4.78, 5) is 14.3. The topological polar surface area (TPSA) is 60.0 Å². The number of methoxy groups -OCH3 is 1. The zero-order valence-electron chi connectivity index (χ0n) is 16.6. The molecule has 2 amide bonds. The van der Waals surface area contributed by atoms with E-state index < -0.39 is 18.3 Å². The monoisotopic (exact) mass is 360 g/mol. The molecule has 6 nitrogen and oxygen atoms in total. The largest absolute Gasteiger partial charge is 0.495 e.